The maximum absolute atomic E-state index is 12.9. The van der Waals surface area contributed by atoms with Crippen molar-refractivity contribution in [3.8, 4) is 0 Å². The van der Waals surface area contributed by atoms with Gasteiger partial charge in [-0.2, -0.15) is 0 Å². The molecule has 4 heteroatoms. The van der Waals surface area contributed by atoms with Crippen LogP contribution in [0.5, 0.6) is 0 Å². The highest BCUT2D eigenvalue weighted by Crippen LogP contribution is 2.22. The lowest BCUT2D eigenvalue weighted by Crippen LogP contribution is -2.31. The molecule has 3 nitrogen and oxygen atoms in total. The molecule has 1 atom stereocenters. The summed E-state index contributed by atoms with van der Waals surface area (Å²) in [5, 5.41) is 2.93. The lowest BCUT2D eigenvalue weighted by Gasteiger charge is -2.22. The minimum atomic E-state index is -0.285. The van der Waals surface area contributed by atoms with E-state index in [0.717, 1.165) is 5.56 Å². The van der Waals surface area contributed by atoms with Crippen LogP contribution in [-0.2, 0) is 0 Å². The van der Waals surface area contributed by atoms with Gasteiger partial charge in [0.1, 0.15) is 12.1 Å². The van der Waals surface area contributed by atoms with Crippen molar-refractivity contribution in [2.45, 2.75) is 19.9 Å². The highest BCUT2D eigenvalue weighted by Gasteiger charge is 2.19. The largest absolute Gasteiger partial charge is 0.472 e. The van der Waals surface area contributed by atoms with E-state index in [2.05, 4.69) is 5.32 Å². The van der Waals surface area contributed by atoms with Crippen LogP contribution >= 0.6 is 0 Å². The Morgan fingerprint density at radius 3 is 2.42 bits per heavy atom. The lowest BCUT2D eigenvalue weighted by molar-refractivity contribution is 0.0925. The first-order valence-electron chi connectivity index (χ1n) is 6.16. The summed E-state index contributed by atoms with van der Waals surface area (Å²) in [6.45, 7) is 4.01. The van der Waals surface area contributed by atoms with Crippen LogP contribution in [0.15, 0.2) is 47.3 Å². The van der Waals surface area contributed by atoms with Crippen LogP contribution in [0, 0.1) is 11.7 Å². The Morgan fingerprint density at radius 2 is 1.89 bits per heavy atom. The first kappa shape index (κ1) is 13.3. The normalized spacial score (nSPS) is 12.4. The number of carbonyl (C=O) groups excluding carboxylic acids is 1. The fourth-order valence-electron chi connectivity index (χ4n) is 1.92. The molecule has 0 spiro atoms. The van der Waals surface area contributed by atoms with E-state index in [1.807, 2.05) is 13.8 Å². The molecular formula is C15H16FNO2. The molecule has 19 heavy (non-hydrogen) atoms. The van der Waals surface area contributed by atoms with Crippen LogP contribution in [0.4, 0.5) is 4.39 Å². The van der Waals surface area contributed by atoms with Crippen LogP contribution in [0.1, 0.15) is 35.8 Å². The van der Waals surface area contributed by atoms with E-state index in [0.29, 0.717) is 5.56 Å². The molecule has 0 unspecified atom stereocenters. The summed E-state index contributed by atoms with van der Waals surface area (Å²) in [4.78, 5) is 12.0. The molecule has 0 bridgehead atoms. The summed E-state index contributed by atoms with van der Waals surface area (Å²) in [5.74, 6) is -0.287. The van der Waals surface area contributed by atoms with Crippen LogP contribution < -0.4 is 5.32 Å². The van der Waals surface area contributed by atoms with Gasteiger partial charge in [0.05, 0.1) is 17.9 Å². The molecule has 0 aliphatic heterocycles. The highest BCUT2D eigenvalue weighted by molar-refractivity contribution is 5.94. The Morgan fingerprint density at radius 1 is 1.21 bits per heavy atom. The first-order valence-corrected chi connectivity index (χ1v) is 6.16. The molecule has 0 aliphatic carbocycles. The zero-order valence-electron chi connectivity index (χ0n) is 10.9. The number of hydrogen-bond acceptors (Lipinski definition) is 2. The fraction of sp³-hybridized carbons (Fsp3) is 0.267. The molecule has 2 rings (SSSR count). The zero-order chi connectivity index (χ0) is 13.8. The molecule has 0 saturated heterocycles. The summed E-state index contributed by atoms with van der Waals surface area (Å²) in [7, 11) is 0. The molecule has 100 valence electrons. The van der Waals surface area contributed by atoms with E-state index in [4.69, 9.17) is 4.42 Å². The molecule has 0 fully saturated rings. The Balaban J connectivity index is 2.17. The smallest absolute Gasteiger partial charge is 0.255 e. The van der Waals surface area contributed by atoms with Gasteiger partial charge < -0.3 is 9.73 Å². The number of rotatable bonds is 4. The maximum Gasteiger partial charge on any atom is 0.255 e. The molecule has 0 aliphatic rings. The van der Waals surface area contributed by atoms with Crippen molar-refractivity contribution in [2.24, 2.45) is 5.92 Å². The minimum absolute atomic E-state index is 0.164. The molecule has 1 amide bonds. The summed E-state index contributed by atoms with van der Waals surface area (Å²) in [6, 6.07) is 7.62. The summed E-state index contributed by atoms with van der Waals surface area (Å²) in [5.41, 5.74) is 1.36. The maximum atomic E-state index is 12.9. The van der Waals surface area contributed by atoms with Gasteiger partial charge in [0.25, 0.3) is 5.91 Å². The van der Waals surface area contributed by atoms with Gasteiger partial charge in [0.15, 0.2) is 0 Å². The molecule has 1 N–H and O–H groups in total. The van der Waals surface area contributed by atoms with E-state index in [9.17, 15) is 9.18 Å². The summed E-state index contributed by atoms with van der Waals surface area (Å²) >= 11 is 0. The molecule has 1 aromatic heterocycles. The van der Waals surface area contributed by atoms with Crippen molar-refractivity contribution in [3.05, 3.63) is 59.8 Å². The van der Waals surface area contributed by atoms with Crippen LogP contribution in [0.25, 0.3) is 0 Å². The van der Waals surface area contributed by atoms with Crippen LogP contribution in [0.3, 0.4) is 0 Å². The molecule has 2 aromatic rings. The third-order valence-electron chi connectivity index (χ3n) is 2.97. The van der Waals surface area contributed by atoms with Crippen molar-refractivity contribution in [1.29, 1.82) is 0 Å². The molecule has 1 heterocycles. The van der Waals surface area contributed by atoms with Gasteiger partial charge in [-0.25, -0.2) is 4.39 Å². The third kappa shape index (κ3) is 3.22. The van der Waals surface area contributed by atoms with Gasteiger partial charge >= 0.3 is 0 Å². The number of nitrogens with one attached hydrogen (secondary N) is 1. The number of carbonyl (C=O) groups is 1. The standard InChI is InChI=1S/C15H16FNO2/c1-10(2)14(11-3-5-13(16)6-4-11)17-15(18)12-7-8-19-9-12/h3-10,14H,1-2H3,(H,17,18)/t14-/m1/s1. The molecular weight excluding hydrogens is 245 g/mol. The van der Waals surface area contributed by atoms with E-state index in [-0.39, 0.29) is 23.7 Å². The number of amides is 1. The Bertz CT molecular complexity index is 532. The topological polar surface area (TPSA) is 42.2 Å². The number of halogens is 1. The number of furan rings is 1. The van der Waals surface area contributed by atoms with Gasteiger partial charge in [0.2, 0.25) is 0 Å². The SMILES string of the molecule is CC(C)[C@@H](NC(=O)c1ccoc1)c1ccc(F)cc1. The van der Waals surface area contributed by atoms with Gasteiger partial charge in [-0.05, 0) is 29.7 Å². The first-order chi connectivity index (χ1) is 9.08. The van der Waals surface area contributed by atoms with Gasteiger partial charge in [-0.1, -0.05) is 26.0 Å². The van der Waals surface area contributed by atoms with E-state index in [1.54, 1.807) is 18.2 Å². The van der Waals surface area contributed by atoms with Crippen LogP contribution in [-0.4, -0.2) is 5.91 Å². The van der Waals surface area contributed by atoms with Gasteiger partial charge in [-0.3, -0.25) is 4.79 Å². The van der Waals surface area contributed by atoms with E-state index >= 15 is 0 Å². The predicted octanol–water partition coefficient (Wildman–Crippen LogP) is 3.55. The van der Waals surface area contributed by atoms with E-state index < -0.39 is 0 Å². The van der Waals surface area contributed by atoms with E-state index in [1.165, 1.54) is 24.7 Å². The van der Waals surface area contributed by atoms with Crippen molar-refractivity contribution < 1.29 is 13.6 Å². The Labute approximate surface area is 111 Å². The summed E-state index contributed by atoms with van der Waals surface area (Å²) < 4.78 is 17.8. The highest BCUT2D eigenvalue weighted by atomic mass is 19.1. The van der Waals surface area contributed by atoms with Crippen molar-refractivity contribution >= 4 is 5.91 Å². The average Bonchev–Trinajstić information content (AvgIpc) is 2.90. The lowest BCUT2D eigenvalue weighted by atomic mass is 9.95. The molecule has 1 aromatic carbocycles. The average molecular weight is 261 g/mol. The second-order valence-corrected chi connectivity index (χ2v) is 4.76. The monoisotopic (exact) mass is 261 g/mol. The Hall–Kier alpha value is -2.10. The second-order valence-electron chi connectivity index (χ2n) is 4.76. The van der Waals surface area contributed by atoms with Crippen molar-refractivity contribution in [2.75, 3.05) is 0 Å². The quantitative estimate of drug-likeness (QED) is 0.914. The number of hydrogen-bond donors (Lipinski definition) is 1. The minimum Gasteiger partial charge on any atom is -0.472 e. The zero-order valence-corrected chi connectivity index (χ0v) is 10.9. The van der Waals surface area contributed by atoms with Gasteiger partial charge in [0, 0.05) is 0 Å². The molecule has 0 saturated carbocycles. The van der Waals surface area contributed by atoms with Crippen molar-refractivity contribution in [3.63, 3.8) is 0 Å². The number of benzene rings is 1. The third-order valence-corrected chi connectivity index (χ3v) is 2.97. The Kier molecular flexibility index (Phi) is 4.00. The fourth-order valence-corrected chi connectivity index (χ4v) is 1.92. The van der Waals surface area contributed by atoms with Crippen LogP contribution in [0.2, 0.25) is 0 Å². The second kappa shape index (κ2) is 5.69. The molecule has 0 radical (unpaired) electrons. The predicted molar refractivity (Wildman–Crippen MR) is 70.2 cm³/mol. The van der Waals surface area contributed by atoms with Crippen molar-refractivity contribution in [1.82, 2.24) is 5.32 Å². The summed E-state index contributed by atoms with van der Waals surface area (Å²) in [6.07, 6.45) is 2.86. The van der Waals surface area contributed by atoms with Gasteiger partial charge in [-0.15, -0.1) is 0 Å².